The van der Waals surface area contributed by atoms with Crippen LogP contribution in [0.2, 0.25) is 0 Å². The molecule has 1 aromatic carbocycles. The van der Waals surface area contributed by atoms with Crippen LogP contribution in [0.25, 0.3) is 0 Å². The van der Waals surface area contributed by atoms with Crippen molar-refractivity contribution >= 4 is 15.9 Å². The van der Waals surface area contributed by atoms with Gasteiger partial charge in [-0.1, -0.05) is 6.07 Å². The van der Waals surface area contributed by atoms with Gasteiger partial charge < -0.3 is 10.1 Å². The molecule has 0 saturated carbocycles. The highest BCUT2D eigenvalue weighted by atomic mass is 79.9. The first-order valence-electron chi connectivity index (χ1n) is 5.71. The van der Waals surface area contributed by atoms with Gasteiger partial charge in [0.1, 0.15) is 5.75 Å². The van der Waals surface area contributed by atoms with Crippen molar-refractivity contribution in [3.63, 3.8) is 0 Å². The molecule has 2 nitrogen and oxygen atoms in total. The first-order valence-corrected chi connectivity index (χ1v) is 6.50. The first-order chi connectivity index (χ1) is 7.61. The van der Waals surface area contributed by atoms with E-state index in [1.165, 1.54) is 12.0 Å². The van der Waals surface area contributed by atoms with E-state index in [1.807, 2.05) is 6.07 Å². The molecule has 0 radical (unpaired) electrons. The average molecular weight is 284 g/mol. The molecule has 0 spiro atoms. The minimum Gasteiger partial charge on any atom is -0.496 e. The van der Waals surface area contributed by atoms with Crippen LogP contribution in [0.3, 0.4) is 0 Å². The van der Waals surface area contributed by atoms with Gasteiger partial charge >= 0.3 is 0 Å². The smallest absolute Gasteiger partial charge is 0.133 e. The Bertz CT molecular complexity index is 380. The minimum absolute atomic E-state index is 0.551. The quantitative estimate of drug-likeness (QED) is 0.899. The molecule has 1 aromatic rings. The topological polar surface area (TPSA) is 21.3 Å². The lowest BCUT2D eigenvalue weighted by atomic mass is 9.92. The predicted octanol–water partition coefficient (Wildman–Crippen LogP) is 3.31. The van der Waals surface area contributed by atoms with E-state index in [9.17, 15) is 0 Å². The Kier molecular flexibility index (Phi) is 3.55. The molecule has 3 heteroatoms. The summed E-state index contributed by atoms with van der Waals surface area (Å²) in [4.78, 5) is 0. The molecule has 88 valence electrons. The van der Waals surface area contributed by atoms with Crippen LogP contribution in [-0.4, -0.2) is 19.2 Å². The molecule has 1 aliphatic heterocycles. The number of benzene rings is 1. The SMILES string of the molecule is COc1ccc(C2CC(C)NC2C)cc1Br. The lowest BCUT2D eigenvalue weighted by molar-refractivity contribution is 0.411. The van der Waals surface area contributed by atoms with Gasteiger partial charge in [0.2, 0.25) is 0 Å². The van der Waals surface area contributed by atoms with Gasteiger partial charge in [0.25, 0.3) is 0 Å². The van der Waals surface area contributed by atoms with E-state index < -0.39 is 0 Å². The Hall–Kier alpha value is -0.540. The standard InChI is InChI=1S/C13H18BrNO/c1-8-6-11(9(2)15-8)10-4-5-13(16-3)12(14)7-10/h4-5,7-9,11,15H,6H2,1-3H3. The van der Waals surface area contributed by atoms with Crippen molar-refractivity contribution in [3.8, 4) is 5.75 Å². The maximum atomic E-state index is 5.25. The Balaban J connectivity index is 2.24. The van der Waals surface area contributed by atoms with Crippen LogP contribution in [0.15, 0.2) is 22.7 Å². The zero-order valence-electron chi connectivity index (χ0n) is 9.96. The highest BCUT2D eigenvalue weighted by molar-refractivity contribution is 9.10. The number of hydrogen-bond acceptors (Lipinski definition) is 2. The number of rotatable bonds is 2. The fraction of sp³-hybridized carbons (Fsp3) is 0.538. The normalized spacial score (nSPS) is 29.4. The number of methoxy groups -OCH3 is 1. The van der Waals surface area contributed by atoms with Gasteiger partial charge in [-0.2, -0.15) is 0 Å². The Morgan fingerprint density at radius 2 is 2.12 bits per heavy atom. The third-order valence-electron chi connectivity index (χ3n) is 3.36. The molecule has 0 aromatic heterocycles. The number of hydrogen-bond donors (Lipinski definition) is 1. The summed E-state index contributed by atoms with van der Waals surface area (Å²) < 4.78 is 6.29. The Morgan fingerprint density at radius 3 is 2.62 bits per heavy atom. The van der Waals surface area contributed by atoms with Gasteiger partial charge in [0.05, 0.1) is 11.6 Å². The molecular formula is C13H18BrNO. The van der Waals surface area contributed by atoms with Gasteiger partial charge in [-0.3, -0.25) is 0 Å². The van der Waals surface area contributed by atoms with E-state index in [0.29, 0.717) is 18.0 Å². The first kappa shape index (κ1) is 11.9. The number of nitrogens with one attached hydrogen (secondary N) is 1. The zero-order valence-corrected chi connectivity index (χ0v) is 11.5. The van der Waals surface area contributed by atoms with E-state index in [0.717, 1.165) is 10.2 Å². The molecule has 1 saturated heterocycles. The van der Waals surface area contributed by atoms with E-state index in [-0.39, 0.29) is 0 Å². The van der Waals surface area contributed by atoms with Gasteiger partial charge in [0, 0.05) is 18.0 Å². The van der Waals surface area contributed by atoms with Crippen LogP contribution in [0, 0.1) is 0 Å². The Labute approximate surface area is 106 Å². The van der Waals surface area contributed by atoms with Crippen LogP contribution in [0.4, 0.5) is 0 Å². The molecule has 0 aliphatic carbocycles. The summed E-state index contributed by atoms with van der Waals surface area (Å²) in [6, 6.07) is 7.55. The van der Waals surface area contributed by atoms with E-state index >= 15 is 0 Å². The molecule has 16 heavy (non-hydrogen) atoms. The maximum Gasteiger partial charge on any atom is 0.133 e. The summed E-state index contributed by atoms with van der Waals surface area (Å²) in [7, 11) is 1.70. The Morgan fingerprint density at radius 1 is 1.38 bits per heavy atom. The second-order valence-corrected chi connectivity index (χ2v) is 5.45. The van der Waals surface area contributed by atoms with Crippen molar-refractivity contribution in [2.45, 2.75) is 38.3 Å². The molecule has 3 unspecified atom stereocenters. The largest absolute Gasteiger partial charge is 0.496 e. The monoisotopic (exact) mass is 283 g/mol. The zero-order chi connectivity index (χ0) is 11.7. The van der Waals surface area contributed by atoms with Crippen LogP contribution in [-0.2, 0) is 0 Å². The molecule has 1 heterocycles. The second-order valence-electron chi connectivity index (χ2n) is 4.59. The fourth-order valence-electron chi connectivity index (χ4n) is 2.56. The van der Waals surface area contributed by atoms with Gasteiger partial charge in [0.15, 0.2) is 0 Å². The number of halogens is 1. The van der Waals surface area contributed by atoms with Gasteiger partial charge in [-0.25, -0.2) is 0 Å². The van der Waals surface area contributed by atoms with E-state index in [1.54, 1.807) is 7.11 Å². The van der Waals surface area contributed by atoms with Crippen LogP contribution < -0.4 is 10.1 Å². The molecule has 0 bridgehead atoms. The highest BCUT2D eigenvalue weighted by Gasteiger charge is 2.29. The maximum absolute atomic E-state index is 5.25. The minimum atomic E-state index is 0.551. The van der Waals surface area contributed by atoms with Crippen molar-refractivity contribution in [2.75, 3.05) is 7.11 Å². The summed E-state index contributed by atoms with van der Waals surface area (Å²) in [5, 5.41) is 3.57. The third kappa shape index (κ3) is 2.25. The number of ether oxygens (including phenoxy) is 1. The van der Waals surface area contributed by atoms with Crippen molar-refractivity contribution in [3.05, 3.63) is 28.2 Å². The molecule has 3 atom stereocenters. The van der Waals surface area contributed by atoms with Gasteiger partial charge in [-0.05, 0) is 53.9 Å². The third-order valence-corrected chi connectivity index (χ3v) is 3.98. The fourth-order valence-corrected chi connectivity index (χ4v) is 3.11. The highest BCUT2D eigenvalue weighted by Crippen LogP contribution is 2.34. The summed E-state index contributed by atoms with van der Waals surface area (Å²) in [5.74, 6) is 1.51. The van der Waals surface area contributed by atoms with Crippen molar-refractivity contribution < 1.29 is 4.74 Å². The molecule has 1 N–H and O–H groups in total. The second kappa shape index (κ2) is 4.76. The summed E-state index contributed by atoms with van der Waals surface area (Å²) >= 11 is 3.54. The van der Waals surface area contributed by atoms with Crippen LogP contribution in [0.1, 0.15) is 31.7 Å². The van der Waals surface area contributed by atoms with Crippen molar-refractivity contribution in [1.82, 2.24) is 5.32 Å². The van der Waals surface area contributed by atoms with E-state index in [2.05, 4.69) is 47.2 Å². The molecule has 1 aliphatic rings. The van der Waals surface area contributed by atoms with Crippen LogP contribution in [0.5, 0.6) is 5.75 Å². The summed E-state index contributed by atoms with van der Waals surface area (Å²) in [6.07, 6.45) is 1.21. The predicted molar refractivity (Wildman–Crippen MR) is 70.1 cm³/mol. The molecule has 2 rings (SSSR count). The van der Waals surface area contributed by atoms with E-state index in [4.69, 9.17) is 4.74 Å². The molecule has 1 fully saturated rings. The molecular weight excluding hydrogens is 266 g/mol. The molecule has 0 amide bonds. The lowest BCUT2D eigenvalue weighted by Gasteiger charge is -2.16. The van der Waals surface area contributed by atoms with Crippen molar-refractivity contribution in [2.24, 2.45) is 0 Å². The van der Waals surface area contributed by atoms with Crippen LogP contribution >= 0.6 is 15.9 Å². The summed E-state index contributed by atoms with van der Waals surface area (Å²) in [5.41, 5.74) is 1.39. The summed E-state index contributed by atoms with van der Waals surface area (Å²) in [6.45, 7) is 4.50. The average Bonchev–Trinajstić information content (AvgIpc) is 2.58. The lowest BCUT2D eigenvalue weighted by Crippen LogP contribution is -2.26. The van der Waals surface area contributed by atoms with Crippen molar-refractivity contribution in [1.29, 1.82) is 0 Å². The van der Waals surface area contributed by atoms with Gasteiger partial charge in [-0.15, -0.1) is 0 Å².